The van der Waals surface area contributed by atoms with Crippen molar-refractivity contribution in [3.05, 3.63) is 52.9 Å². The number of hydrogen-bond donors (Lipinski definition) is 1. The van der Waals surface area contributed by atoms with E-state index in [-0.39, 0.29) is 12.3 Å². The number of nitrogens with zero attached hydrogens (tertiary/aromatic N) is 2. The van der Waals surface area contributed by atoms with E-state index in [9.17, 15) is 4.79 Å². The van der Waals surface area contributed by atoms with Crippen LogP contribution in [-0.4, -0.2) is 15.9 Å². The lowest BCUT2D eigenvalue weighted by Gasteiger charge is -2.03. The van der Waals surface area contributed by atoms with Crippen molar-refractivity contribution < 1.29 is 4.79 Å². The van der Waals surface area contributed by atoms with Crippen molar-refractivity contribution in [2.45, 2.75) is 6.42 Å². The van der Waals surface area contributed by atoms with E-state index in [1.165, 1.54) is 0 Å². The predicted molar refractivity (Wildman–Crippen MR) is 68.5 cm³/mol. The molecule has 2 aromatic heterocycles. The van der Waals surface area contributed by atoms with Crippen LogP contribution in [0.15, 0.2) is 47.2 Å². The number of pyridine rings is 2. The van der Waals surface area contributed by atoms with Gasteiger partial charge >= 0.3 is 0 Å². The number of halogens is 1. The minimum absolute atomic E-state index is 0.126. The molecule has 0 unspecified atom stereocenters. The monoisotopic (exact) mass is 291 g/mol. The van der Waals surface area contributed by atoms with Crippen molar-refractivity contribution >= 4 is 27.7 Å². The van der Waals surface area contributed by atoms with Gasteiger partial charge in [-0.05, 0) is 40.2 Å². The van der Waals surface area contributed by atoms with Gasteiger partial charge in [-0.15, -0.1) is 0 Å². The fraction of sp³-hybridized carbons (Fsp3) is 0.0833. The van der Waals surface area contributed by atoms with Crippen molar-refractivity contribution in [1.29, 1.82) is 0 Å². The standard InChI is InChI=1S/C12H10BrN3O/c13-9-4-5-11(15-8-9)16-12(17)7-10-3-1-2-6-14-10/h1-6,8H,7H2,(H,15,16,17). The highest BCUT2D eigenvalue weighted by molar-refractivity contribution is 9.10. The highest BCUT2D eigenvalue weighted by atomic mass is 79.9. The van der Waals surface area contributed by atoms with Crippen LogP contribution in [0.4, 0.5) is 5.82 Å². The molecule has 86 valence electrons. The second kappa shape index (κ2) is 5.54. The molecule has 0 bridgehead atoms. The molecular weight excluding hydrogens is 282 g/mol. The van der Waals surface area contributed by atoms with E-state index in [0.717, 1.165) is 10.2 Å². The van der Waals surface area contributed by atoms with Crippen LogP contribution in [0.5, 0.6) is 0 Å². The third-order valence-corrected chi connectivity index (χ3v) is 2.53. The Morgan fingerprint density at radius 1 is 1.24 bits per heavy atom. The zero-order valence-electron chi connectivity index (χ0n) is 8.93. The quantitative estimate of drug-likeness (QED) is 0.945. The van der Waals surface area contributed by atoms with Crippen LogP contribution in [0.2, 0.25) is 0 Å². The lowest BCUT2D eigenvalue weighted by atomic mass is 10.2. The molecule has 0 aliphatic carbocycles. The molecule has 2 heterocycles. The molecule has 2 rings (SSSR count). The van der Waals surface area contributed by atoms with Gasteiger partial charge in [-0.2, -0.15) is 0 Å². The summed E-state index contributed by atoms with van der Waals surface area (Å²) in [6, 6.07) is 9.05. The maximum Gasteiger partial charge on any atom is 0.231 e. The molecule has 0 fully saturated rings. The SMILES string of the molecule is O=C(Cc1ccccn1)Nc1ccc(Br)cn1. The van der Waals surface area contributed by atoms with Crippen molar-refractivity contribution in [1.82, 2.24) is 9.97 Å². The summed E-state index contributed by atoms with van der Waals surface area (Å²) < 4.78 is 0.875. The van der Waals surface area contributed by atoms with E-state index in [2.05, 4.69) is 31.2 Å². The van der Waals surface area contributed by atoms with Crippen LogP contribution in [0, 0.1) is 0 Å². The highest BCUT2D eigenvalue weighted by Gasteiger charge is 2.05. The van der Waals surface area contributed by atoms with Gasteiger partial charge in [0.05, 0.1) is 6.42 Å². The van der Waals surface area contributed by atoms with Crippen LogP contribution in [0.1, 0.15) is 5.69 Å². The maximum atomic E-state index is 11.7. The summed E-state index contributed by atoms with van der Waals surface area (Å²) in [7, 11) is 0. The molecule has 1 amide bonds. The molecule has 2 aromatic rings. The van der Waals surface area contributed by atoms with Crippen LogP contribution < -0.4 is 5.32 Å². The number of carbonyl (C=O) groups is 1. The smallest absolute Gasteiger partial charge is 0.231 e. The molecule has 0 aliphatic heterocycles. The Labute approximate surface area is 107 Å². The van der Waals surface area contributed by atoms with Crippen LogP contribution in [0.3, 0.4) is 0 Å². The van der Waals surface area contributed by atoms with Crippen molar-refractivity contribution in [2.24, 2.45) is 0 Å². The van der Waals surface area contributed by atoms with Gasteiger partial charge in [0.15, 0.2) is 0 Å². The molecule has 4 nitrogen and oxygen atoms in total. The molecule has 1 N–H and O–H groups in total. The molecule has 0 saturated heterocycles. The van der Waals surface area contributed by atoms with E-state index < -0.39 is 0 Å². The summed E-state index contributed by atoms with van der Waals surface area (Å²) in [6.07, 6.45) is 3.55. The Morgan fingerprint density at radius 3 is 2.76 bits per heavy atom. The number of aromatic nitrogens is 2. The van der Waals surface area contributed by atoms with E-state index in [4.69, 9.17) is 0 Å². The third-order valence-electron chi connectivity index (χ3n) is 2.06. The van der Waals surface area contributed by atoms with Crippen LogP contribution in [-0.2, 0) is 11.2 Å². The summed E-state index contributed by atoms with van der Waals surface area (Å²) in [6.45, 7) is 0. The largest absolute Gasteiger partial charge is 0.310 e. The molecule has 0 spiro atoms. The van der Waals surface area contributed by atoms with Crippen LogP contribution in [0.25, 0.3) is 0 Å². The lowest BCUT2D eigenvalue weighted by molar-refractivity contribution is -0.115. The summed E-state index contributed by atoms with van der Waals surface area (Å²) in [5, 5.41) is 2.71. The second-order valence-corrected chi connectivity index (χ2v) is 4.32. The number of amides is 1. The van der Waals surface area contributed by atoms with E-state index in [1.807, 2.05) is 24.3 Å². The number of nitrogens with one attached hydrogen (secondary N) is 1. The van der Waals surface area contributed by atoms with Gasteiger partial charge in [-0.3, -0.25) is 9.78 Å². The summed E-state index contributed by atoms with van der Waals surface area (Å²) in [5.41, 5.74) is 0.738. The normalized spacial score (nSPS) is 9.94. The van der Waals surface area contributed by atoms with Gasteiger partial charge in [0.2, 0.25) is 5.91 Å². The highest BCUT2D eigenvalue weighted by Crippen LogP contribution is 2.10. The summed E-state index contributed by atoms with van der Waals surface area (Å²) >= 11 is 3.28. The maximum absolute atomic E-state index is 11.7. The number of carbonyl (C=O) groups excluding carboxylic acids is 1. The van der Waals surface area contributed by atoms with Gasteiger partial charge in [0.25, 0.3) is 0 Å². The zero-order chi connectivity index (χ0) is 12.1. The van der Waals surface area contributed by atoms with Gasteiger partial charge in [0, 0.05) is 22.6 Å². The second-order valence-electron chi connectivity index (χ2n) is 3.41. The Morgan fingerprint density at radius 2 is 2.12 bits per heavy atom. The molecule has 0 aromatic carbocycles. The first-order chi connectivity index (χ1) is 8.24. The Hall–Kier alpha value is -1.75. The van der Waals surface area contributed by atoms with Gasteiger partial charge in [0.1, 0.15) is 5.82 Å². The molecule has 5 heteroatoms. The number of hydrogen-bond acceptors (Lipinski definition) is 3. The minimum atomic E-state index is -0.126. The Balaban J connectivity index is 1.96. The molecule has 17 heavy (non-hydrogen) atoms. The average Bonchev–Trinajstić information content (AvgIpc) is 2.33. The first-order valence-corrected chi connectivity index (χ1v) is 5.84. The summed E-state index contributed by atoms with van der Waals surface area (Å²) in [5.74, 6) is 0.410. The fourth-order valence-electron chi connectivity index (χ4n) is 1.30. The van der Waals surface area contributed by atoms with Crippen molar-refractivity contribution in [3.8, 4) is 0 Å². The third kappa shape index (κ3) is 3.64. The molecule has 0 aliphatic rings. The molecule has 0 saturated carbocycles. The van der Waals surface area contributed by atoms with Gasteiger partial charge < -0.3 is 5.32 Å². The Bertz CT molecular complexity index is 499. The molecule has 0 radical (unpaired) electrons. The van der Waals surface area contributed by atoms with Gasteiger partial charge in [-0.25, -0.2) is 4.98 Å². The first kappa shape index (κ1) is 11.7. The topological polar surface area (TPSA) is 54.9 Å². The molecular formula is C12H10BrN3O. The lowest BCUT2D eigenvalue weighted by Crippen LogP contribution is -2.15. The Kier molecular flexibility index (Phi) is 3.82. The summed E-state index contributed by atoms with van der Waals surface area (Å²) in [4.78, 5) is 19.8. The minimum Gasteiger partial charge on any atom is -0.310 e. The van der Waals surface area contributed by atoms with Crippen molar-refractivity contribution in [3.63, 3.8) is 0 Å². The van der Waals surface area contributed by atoms with E-state index >= 15 is 0 Å². The fourth-order valence-corrected chi connectivity index (χ4v) is 1.54. The van der Waals surface area contributed by atoms with E-state index in [1.54, 1.807) is 18.5 Å². The first-order valence-electron chi connectivity index (χ1n) is 5.05. The molecule has 0 atom stereocenters. The predicted octanol–water partition coefficient (Wildman–Crippen LogP) is 2.42. The number of anilines is 1. The zero-order valence-corrected chi connectivity index (χ0v) is 10.5. The van der Waals surface area contributed by atoms with Crippen LogP contribution >= 0.6 is 15.9 Å². The average molecular weight is 292 g/mol. The van der Waals surface area contributed by atoms with E-state index in [0.29, 0.717) is 5.82 Å². The number of rotatable bonds is 3. The van der Waals surface area contributed by atoms with Crippen molar-refractivity contribution in [2.75, 3.05) is 5.32 Å². The van der Waals surface area contributed by atoms with Gasteiger partial charge in [-0.1, -0.05) is 6.07 Å².